The Kier molecular flexibility index (Phi) is 5.26. The molecule has 0 aromatic heterocycles. The zero-order chi connectivity index (χ0) is 24.2. The van der Waals surface area contributed by atoms with Crippen molar-refractivity contribution in [1.29, 1.82) is 0 Å². The van der Waals surface area contributed by atoms with Crippen LogP contribution in [0, 0.1) is 11.8 Å². The topological polar surface area (TPSA) is 105 Å². The first kappa shape index (κ1) is 22.3. The molecule has 178 valence electrons. The molecule has 1 saturated carbocycles. The number of benzene rings is 2. The van der Waals surface area contributed by atoms with E-state index in [1.807, 2.05) is 24.3 Å². The molecule has 1 heterocycles. The lowest BCUT2D eigenvalue weighted by Gasteiger charge is -2.29. The van der Waals surface area contributed by atoms with Crippen LogP contribution in [-0.2, 0) is 14.3 Å². The lowest BCUT2D eigenvalue weighted by molar-refractivity contribution is -0.143. The molecule has 2 N–H and O–H groups in total. The molecule has 1 saturated heterocycles. The summed E-state index contributed by atoms with van der Waals surface area (Å²) in [7, 11) is 0. The van der Waals surface area contributed by atoms with E-state index in [0.29, 0.717) is 0 Å². The summed E-state index contributed by atoms with van der Waals surface area (Å²) in [5.74, 6) is -1.64. The smallest absolute Gasteiger partial charge is 0.411 e. The van der Waals surface area contributed by atoms with Gasteiger partial charge in [0.05, 0.1) is 0 Å². The highest BCUT2D eigenvalue weighted by molar-refractivity contribution is 5.83. The van der Waals surface area contributed by atoms with Crippen LogP contribution in [0.1, 0.15) is 37.8 Å². The van der Waals surface area contributed by atoms with Gasteiger partial charge in [-0.2, -0.15) is 0 Å². The van der Waals surface area contributed by atoms with E-state index in [9.17, 15) is 19.5 Å². The predicted octanol–water partition coefficient (Wildman–Crippen LogP) is 3.84. The zero-order valence-electron chi connectivity index (χ0n) is 19.4. The van der Waals surface area contributed by atoms with Gasteiger partial charge in [-0.3, -0.25) is 4.90 Å². The van der Waals surface area contributed by atoms with Gasteiger partial charge in [0, 0.05) is 30.3 Å². The first-order valence-corrected chi connectivity index (χ1v) is 11.5. The summed E-state index contributed by atoms with van der Waals surface area (Å²) in [6, 6.07) is 14.8. The fraction of sp³-hybridized carbons (Fsp3) is 0.423. The number of aliphatic carboxylic acids is 1. The van der Waals surface area contributed by atoms with Crippen molar-refractivity contribution in [2.45, 2.75) is 44.4 Å². The number of alkyl carbamates (subject to hydrolysis) is 1. The standard InChI is InChI=1S/C26H28N2O6/c1-26(2,3)34-25(32)28-12-18-20(22(28)23(29)30)21(18)27-24(31)33-13-19-16-10-6-4-8-14(16)15-9-5-7-11-17(15)19/h4-11,18-22H,12-13H2,1-3H3,(H,27,31)(H,29,30)/t18-,20+,21+,22-/m0/s1. The fourth-order valence-corrected chi connectivity index (χ4v) is 5.40. The molecule has 0 unspecified atom stereocenters. The third-order valence-electron chi connectivity index (χ3n) is 6.85. The summed E-state index contributed by atoms with van der Waals surface area (Å²) in [4.78, 5) is 38.2. The molecule has 2 aromatic carbocycles. The number of carbonyl (C=O) groups is 3. The van der Waals surface area contributed by atoms with Crippen molar-refractivity contribution in [2.24, 2.45) is 11.8 Å². The number of hydrogen-bond acceptors (Lipinski definition) is 5. The minimum absolute atomic E-state index is 0.0497. The second kappa shape index (κ2) is 8.04. The quantitative estimate of drug-likeness (QED) is 0.712. The molecule has 8 nitrogen and oxygen atoms in total. The highest BCUT2D eigenvalue weighted by atomic mass is 16.6. The van der Waals surface area contributed by atoms with Crippen molar-refractivity contribution < 1.29 is 29.0 Å². The maximum Gasteiger partial charge on any atom is 0.411 e. The maximum absolute atomic E-state index is 12.6. The van der Waals surface area contributed by atoms with Crippen LogP contribution in [0.3, 0.4) is 0 Å². The van der Waals surface area contributed by atoms with E-state index < -0.39 is 29.8 Å². The number of fused-ring (bicyclic) bond motifs is 4. The van der Waals surface area contributed by atoms with Crippen molar-refractivity contribution in [2.75, 3.05) is 13.2 Å². The van der Waals surface area contributed by atoms with Gasteiger partial charge in [0.25, 0.3) is 0 Å². The minimum atomic E-state index is -1.10. The molecule has 0 bridgehead atoms. The Morgan fingerprint density at radius 1 is 1.03 bits per heavy atom. The number of nitrogens with one attached hydrogen (secondary N) is 1. The molecule has 1 aliphatic heterocycles. The Balaban J connectivity index is 1.20. The van der Waals surface area contributed by atoms with E-state index in [0.717, 1.165) is 22.3 Å². The summed E-state index contributed by atoms with van der Waals surface area (Å²) in [5, 5.41) is 12.5. The van der Waals surface area contributed by atoms with Gasteiger partial charge in [0.1, 0.15) is 18.2 Å². The van der Waals surface area contributed by atoms with Crippen LogP contribution in [0.2, 0.25) is 0 Å². The SMILES string of the molecule is CC(C)(C)OC(=O)N1C[C@@H]2[C@@H](NC(=O)OCC3c4ccccc4-c4ccccc43)[C@@H]2[C@H]1C(=O)O. The average molecular weight is 465 g/mol. The molecule has 3 aliphatic rings. The van der Waals surface area contributed by atoms with Crippen LogP contribution in [-0.4, -0.2) is 59.0 Å². The summed E-state index contributed by atoms with van der Waals surface area (Å²) in [6.07, 6.45) is -1.22. The minimum Gasteiger partial charge on any atom is -0.480 e. The third-order valence-corrected chi connectivity index (χ3v) is 6.85. The molecule has 2 aliphatic carbocycles. The Labute approximate surface area is 197 Å². The average Bonchev–Trinajstić information content (AvgIpc) is 3.14. The van der Waals surface area contributed by atoms with Crippen LogP contribution in [0.15, 0.2) is 48.5 Å². The maximum atomic E-state index is 12.6. The van der Waals surface area contributed by atoms with Crippen molar-refractivity contribution in [3.05, 3.63) is 59.7 Å². The number of amides is 2. The monoisotopic (exact) mass is 464 g/mol. The van der Waals surface area contributed by atoms with E-state index in [4.69, 9.17) is 9.47 Å². The number of rotatable bonds is 4. The Morgan fingerprint density at radius 2 is 1.62 bits per heavy atom. The first-order chi connectivity index (χ1) is 16.2. The van der Waals surface area contributed by atoms with Gasteiger partial charge in [-0.25, -0.2) is 14.4 Å². The van der Waals surface area contributed by atoms with Gasteiger partial charge >= 0.3 is 18.2 Å². The lowest BCUT2D eigenvalue weighted by atomic mass is 9.98. The Hall–Kier alpha value is -3.55. The van der Waals surface area contributed by atoms with Crippen LogP contribution in [0.4, 0.5) is 9.59 Å². The highest BCUT2D eigenvalue weighted by Gasteiger charge is 2.66. The van der Waals surface area contributed by atoms with E-state index in [-0.39, 0.29) is 36.9 Å². The fourth-order valence-electron chi connectivity index (χ4n) is 5.40. The Morgan fingerprint density at radius 3 is 2.18 bits per heavy atom. The van der Waals surface area contributed by atoms with E-state index in [1.165, 1.54) is 4.90 Å². The van der Waals surface area contributed by atoms with Crippen LogP contribution in [0.5, 0.6) is 0 Å². The van der Waals surface area contributed by atoms with Gasteiger partial charge in [-0.1, -0.05) is 48.5 Å². The molecule has 8 heteroatoms. The molecule has 2 amide bonds. The lowest BCUT2D eigenvalue weighted by Crippen LogP contribution is -2.48. The van der Waals surface area contributed by atoms with E-state index in [2.05, 4.69) is 29.6 Å². The third kappa shape index (κ3) is 3.87. The van der Waals surface area contributed by atoms with Gasteiger partial charge in [-0.05, 0) is 43.0 Å². The number of carbonyl (C=O) groups excluding carboxylic acids is 2. The van der Waals surface area contributed by atoms with Crippen molar-refractivity contribution in [1.82, 2.24) is 10.2 Å². The second-order valence-electron chi connectivity index (χ2n) is 10.2. The number of nitrogens with zero attached hydrogens (tertiary/aromatic N) is 1. The molecule has 0 spiro atoms. The summed E-state index contributed by atoms with van der Waals surface area (Å²) >= 11 is 0. The number of carboxylic acids is 1. The molecule has 34 heavy (non-hydrogen) atoms. The highest BCUT2D eigenvalue weighted by Crippen LogP contribution is 2.50. The van der Waals surface area contributed by atoms with Crippen LogP contribution < -0.4 is 5.32 Å². The molecular formula is C26H28N2O6. The Bertz CT molecular complexity index is 1110. The van der Waals surface area contributed by atoms with E-state index in [1.54, 1.807) is 20.8 Å². The molecule has 2 fully saturated rings. The molecule has 5 rings (SSSR count). The van der Waals surface area contributed by atoms with Gasteiger partial charge in [0.2, 0.25) is 0 Å². The van der Waals surface area contributed by atoms with E-state index >= 15 is 0 Å². The summed E-state index contributed by atoms with van der Waals surface area (Å²) in [6.45, 7) is 5.62. The van der Waals surface area contributed by atoms with Gasteiger partial charge in [0.15, 0.2) is 0 Å². The number of hydrogen-bond donors (Lipinski definition) is 2. The molecule has 4 atom stereocenters. The predicted molar refractivity (Wildman–Crippen MR) is 123 cm³/mol. The van der Waals surface area contributed by atoms with Crippen molar-refractivity contribution in [3.63, 3.8) is 0 Å². The molecular weight excluding hydrogens is 436 g/mol. The van der Waals surface area contributed by atoms with Crippen LogP contribution >= 0.6 is 0 Å². The van der Waals surface area contributed by atoms with Gasteiger partial charge in [-0.15, -0.1) is 0 Å². The number of piperidine rings is 1. The molecule has 0 radical (unpaired) electrons. The number of carboxylic acid groups (broad SMARTS) is 1. The number of ether oxygens (including phenoxy) is 2. The largest absolute Gasteiger partial charge is 0.480 e. The summed E-state index contributed by atoms with van der Waals surface area (Å²) < 4.78 is 10.9. The normalized spacial score (nSPS) is 24.6. The van der Waals surface area contributed by atoms with Gasteiger partial charge < -0.3 is 19.9 Å². The molecule has 2 aromatic rings. The zero-order valence-corrected chi connectivity index (χ0v) is 19.4. The van der Waals surface area contributed by atoms with Crippen molar-refractivity contribution in [3.8, 4) is 11.1 Å². The number of likely N-dealkylation sites (tertiary alicyclic amines) is 1. The van der Waals surface area contributed by atoms with Crippen molar-refractivity contribution >= 4 is 18.2 Å². The summed E-state index contributed by atoms with van der Waals surface area (Å²) in [5.41, 5.74) is 3.83. The first-order valence-electron chi connectivity index (χ1n) is 11.5. The van der Waals surface area contributed by atoms with Crippen LogP contribution in [0.25, 0.3) is 11.1 Å². The second-order valence-corrected chi connectivity index (χ2v) is 10.2.